The average molecular weight is 228 g/mol. The first-order valence-corrected chi connectivity index (χ1v) is 6.22. The predicted octanol–water partition coefficient (Wildman–Crippen LogP) is 1.19. The SMILES string of the molecule is CCC1(CC)CC(NC(C)C(N)=O)CCO1. The van der Waals surface area contributed by atoms with Gasteiger partial charge in [0.1, 0.15) is 0 Å². The van der Waals surface area contributed by atoms with Crippen LogP contribution in [0.25, 0.3) is 0 Å². The lowest BCUT2D eigenvalue weighted by Gasteiger charge is -2.41. The molecule has 1 amide bonds. The van der Waals surface area contributed by atoms with Gasteiger partial charge in [-0.3, -0.25) is 4.79 Å². The van der Waals surface area contributed by atoms with Gasteiger partial charge >= 0.3 is 0 Å². The zero-order valence-electron chi connectivity index (χ0n) is 10.6. The summed E-state index contributed by atoms with van der Waals surface area (Å²) in [5.74, 6) is -0.287. The largest absolute Gasteiger partial charge is 0.375 e. The van der Waals surface area contributed by atoms with E-state index in [0.29, 0.717) is 6.04 Å². The molecule has 0 aliphatic carbocycles. The van der Waals surface area contributed by atoms with Gasteiger partial charge in [0.2, 0.25) is 5.91 Å². The maximum absolute atomic E-state index is 11.0. The number of ether oxygens (including phenoxy) is 1. The van der Waals surface area contributed by atoms with Crippen LogP contribution in [-0.4, -0.2) is 30.2 Å². The molecule has 0 saturated carbocycles. The van der Waals surface area contributed by atoms with E-state index in [9.17, 15) is 4.79 Å². The summed E-state index contributed by atoms with van der Waals surface area (Å²) in [6.07, 6.45) is 3.97. The number of hydrogen-bond donors (Lipinski definition) is 2. The molecule has 1 fully saturated rings. The fourth-order valence-corrected chi connectivity index (χ4v) is 2.35. The maximum Gasteiger partial charge on any atom is 0.234 e. The van der Waals surface area contributed by atoms with Crippen molar-refractivity contribution in [3.63, 3.8) is 0 Å². The molecule has 1 aliphatic rings. The van der Waals surface area contributed by atoms with Gasteiger partial charge in [-0.25, -0.2) is 0 Å². The molecule has 0 aromatic rings. The summed E-state index contributed by atoms with van der Waals surface area (Å²) in [6, 6.07) is 0.0886. The number of primary amides is 1. The predicted molar refractivity (Wildman–Crippen MR) is 64.1 cm³/mol. The van der Waals surface area contributed by atoms with Gasteiger partial charge in [-0.2, -0.15) is 0 Å². The molecule has 0 radical (unpaired) electrons. The molecule has 0 aromatic carbocycles. The number of rotatable bonds is 5. The Morgan fingerprint density at radius 2 is 2.19 bits per heavy atom. The van der Waals surface area contributed by atoms with E-state index in [2.05, 4.69) is 19.2 Å². The molecule has 94 valence electrons. The lowest BCUT2D eigenvalue weighted by molar-refractivity contribution is -0.121. The zero-order chi connectivity index (χ0) is 12.2. The molecular formula is C12H24N2O2. The van der Waals surface area contributed by atoms with Crippen LogP contribution in [-0.2, 0) is 9.53 Å². The third kappa shape index (κ3) is 3.19. The van der Waals surface area contributed by atoms with Crippen molar-refractivity contribution in [2.24, 2.45) is 5.73 Å². The third-order valence-electron chi connectivity index (χ3n) is 3.69. The molecule has 0 spiro atoms. The minimum Gasteiger partial charge on any atom is -0.375 e. The lowest BCUT2D eigenvalue weighted by Crippen LogP contribution is -2.51. The lowest BCUT2D eigenvalue weighted by atomic mass is 9.85. The second-order valence-corrected chi connectivity index (χ2v) is 4.72. The number of amides is 1. The molecule has 2 unspecified atom stereocenters. The summed E-state index contributed by atoms with van der Waals surface area (Å²) >= 11 is 0. The highest BCUT2D eigenvalue weighted by Gasteiger charge is 2.35. The van der Waals surface area contributed by atoms with Crippen molar-refractivity contribution in [3.05, 3.63) is 0 Å². The summed E-state index contributed by atoms with van der Waals surface area (Å²) in [7, 11) is 0. The van der Waals surface area contributed by atoms with E-state index in [-0.39, 0.29) is 17.6 Å². The van der Waals surface area contributed by atoms with E-state index in [1.54, 1.807) is 0 Å². The Hall–Kier alpha value is -0.610. The van der Waals surface area contributed by atoms with E-state index in [1.165, 1.54) is 0 Å². The summed E-state index contributed by atoms with van der Waals surface area (Å²) in [5.41, 5.74) is 5.25. The third-order valence-corrected chi connectivity index (χ3v) is 3.69. The highest BCUT2D eigenvalue weighted by molar-refractivity contribution is 5.79. The molecule has 4 nitrogen and oxygen atoms in total. The van der Waals surface area contributed by atoms with E-state index < -0.39 is 0 Å². The Balaban J connectivity index is 2.53. The van der Waals surface area contributed by atoms with Gasteiger partial charge in [0, 0.05) is 12.6 Å². The summed E-state index contributed by atoms with van der Waals surface area (Å²) in [4.78, 5) is 11.0. The van der Waals surface area contributed by atoms with Crippen molar-refractivity contribution < 1.29 is 9.53 Å². The first kappa shape index (κ1) is 13.5. The van der Waals surface area contributed by atoms with Crippen molar-refractivity contribution >= 4 is 5.91 Å². The van der Waals surface area contributed by atoms with Crippen LogP contribution in [0.5, 0.6) is 0 Å². The molecule has 0 bridgehead atoms. The first-order chi connectivity index (χ1) is 7.53. The van der Waals surface area contributed by atoms with E-state index in [1.807, 2.05) is 6.92 Å². The van der Waals surface area contributed by atoms with Gasteiger partial charge in [0.25, 0.3) is 0 Å². The zero-order valence-corrected chi connectivity index (χ0v) is 10.6. The number of carbonyl (C=O) groups is 1. The van der Waals surface area contributed by atoms with Crippen LogP contribution in [0.1, 0.15) is 46.5 Å². The van der Waals surface area contributed by atoms with Gasteiger partial charge in [0.15, 0.2) is 0 Å². The highest BCUT2D eigenvalue weighted by Crippen LogP contribution is 2.31. The van der Waals surface area contributed by atoms with E-state index in [0.717, 1.165) is 32.3 Å². The topological polar surface area (TPSA) is 64.3 Å². The average Bonchev–Trinajstić information content (AvgIpc) is 2.29. The minimum atomic E-state index is -0.287. The second-order valence-electron chi connectivity index (χ2n) is 4.72. The molecular weight excluding hydrogens is 204 g/mol. The molecule has 1 rings (SSSR count). The smallest absolute Gasteiger partial charge is 0.234 e. The molecule has 3 N–H and O–H groups in total. The van der Waals surface area contributed by atoms with Crippen LogP contribution in [0.3, 0.4) is 0 Å². The Morgan fingerprint density at radius 3 is 2.69 bits per heavy atom. The van der Waals surface area contributed by atoms with Gasteiger partial charge in [-0.1, -0.05) is 13.8 Å². The van der Waals surface area contributed by atoms with Gasteiger partial charge < -0.3 is 15.8 Å². The molecule has 1 heterocycles. The fourth-order valence-electron chi connectivity index (χ4n) is 2.35. The number of carbonyl (C=O) groups excluding carboxylic acids is 1. The normalized spacial score (nSPS) is 26.3. The second kappa shape index (κ2) is 5.64. The van der Waals surface area contributed by atoms with Gasteiger partial charge in [-0.15, -0.1) is 0 Å². The van der Waals surface area contributed by atoms with Crippen molar-refractivity contribution in [1.29, 1.82) is 0 Å². The highest BCUT2D eigenvalue weighted by atomic mass is 16.5. The van der Waals surface area contributed by atoms with E-state index >= 15 is 0 Å². The first-order valence-electron chi connectivity index (χ1n) is 6.22. The fraction of sp³-hybridized carbons (Fsp3) is 0.917. The Bertz CT molecular complexity index is 239. The monoisotopic (exact) mass is 228 g/mol. The number of nitrogens with two attached hydrogens (primary N) is 1. The number of hydrogen-bond acceptors (Lipinski definition) is 3. The molecule has 16 heavy (non-hydrogen) atoms. The molecule has 4 heteroatoms. The molecule has 2 atom stereocenters. The molecule has 1 aliphatic heterocycles. The van der Waals surface area contributed by atoms with E-state index in [4.69, 9.17) is 10.5 Å². The maximum atomic E-state index is 11.0. The van der Waals surface area contributed by atoms with Crippen LogP contribution < -0.4 is 11.1 Å². The Morgan fingerprint density at radius 1 is 1.56 bits per heavy atom. The molecule has 0 aromatic heterocycles. The van der Waals surface area contributed by atoms with Gasteiger partial charge in [-0.05, 0) is 32.6 Å². The Labute approximate surface area is 97.9 Å². The van der Waals surface area contributed by atoms with Crippen LogP contribution in [0.2, 0.25) is 0 Å². The standard InChI is InChI=1S/C12H24N2O2/c1-4-12(5-2)8-10(6-7-16-12)14-9(3)11(13)15/h9-10,14H,4-8H2,1-3H3,(H2,13,15). The van der Waals surface area contributed by atoms with Crippen molar-refractivity contribution in [2.45, 2.75) is 64.1 Å². The summed E-state index contributed by atoms with van der Waals surface area (Å²) in [5, 5.41) is 3.29. The van der Waals surface area contributed by atoms with Crippen LogP contribution >= 0.6 is 0 Å². The summed E-state index contributed by atoms with van der Waals surface area (Å²) in [6.45, 7) is 6.90. The minimum absolute atomic E-state index is 0.00666. The van der Waals surface area contributed by atoms with Crippen LogP contribution in [0.15, 0.2) is 0 Å². The van der Waals surface area contributed by atoms with Crippen molar-refractivity contribution in [2.75, 3.05) is 6.61 Å². The Kier molecular flexibility index (Phi) is 4.74. The van der Waals surface area contributed by atoms with Crippen molar-refractivity contribution in [1.82, 2.24) is 5.32 Å². The van der Waals surface area contributed by atoms with Crippen LogP contribution in [0, 0.1) is 0 Å². The van der Waals surface area contributed by atoms with Gasteiger partial charge in [0.05, 0.1) is 11.6 Å². The molecule has 1 saturated heterocycles. The quantitative estimate of drug-likeness (QED) is 0.743. The summed E-state index contributed by atoms with van der Waals surface area (Å²) < 4.78 is 5.88. The van der Waals surface area contributed by atoms with Crippen molar-refractivity contribution in [3.8, 4) is 0 Å². The van der Waals surface area contributed by atoms with Crippen LogP contribution in [0.4, 0.5) is 0 Å². The number of nitrogens with one attached hydrogen (secondary N) is 1.